The summed E-state index contributed by atoms with van der Waals surface area (Å²) in [6.45, 7) is 0. The Morgan fingerprint density at radius 1 is 1.23 bits per heavy atom. The largest absolute Gasteiger partial charge is 0.370 e. The third-order valence-corrected chi connectivity index (χ3v) is 1.85. The summed E-state index contributed by atoms with van der Waals surface area (Å²) >= 11 is 0. The fourth-order valence-electron chi connectivity index (χ4n) is 0.719. The topological polar surface area (TPSA) is 60.2 Å². The maximum Gasteiger partial charge on any atom is 0.370 e. The van der Waals surface area contributed by atoms with Crippen molar-refractivity contribution in [3.05, 3.63) is 34.4 Å². The SMILES string of the molecule is Cl.Cl.O=[PH+]c1ccccc1[N+](=O)[O-]. The molecule has 1 aromatic carbocycles. The summed E-state index contributed by atoms with van der Waals surface area (Å²) in [5.41, 5.74) is -0.0826. The zero-order valence-corrected chi connectivity index (χ0v) is 8.93. The Morgan fingerprint density at radius 2 is 1.77 bits per heavy atom. The minimum Gasteiger partial charge on any atom is -0.258 e. The van der Waals surface area contributed by atoms with Gasteiger partial charge in [0.1, 0.15) is 0 Å². The van der Waals surface area contributed by atoms with Crippen LogP contribution >= 0.6 is 33.3 Å². The molecule has 4 nitrogen and oxygen atoms in total. The predicted molar refractivity (Wildman–Crippen MR) is 56.2 cm³/mol. The van der Waals surface area contributed by atoms with Gasteiger partial charge in [-0.3, -0.25) is 10.1 Å². The highest BCUT2D eigenvalue weighted by Crippen LogP contribution is 2.11. The normalized spacial score (nSPS) is 8.31. The molecule has 0 aromatic heterocycles. The molecule has 1 atom stereocenters. The van der Waals surface area contributed by atoms with Gasteiger partial charge in [-0.05, 0) is 6.07 Å². The Labute approximate surface area is 88.5 Å². The van der Waals surface area contributed by atoms with Crippen LogP contribution in [-0.4, -0.2) is 4.92 Å². The molecule has 0 N–H and O–H groups in total. The molecule has 0 saturated carbocycles. The summed E-state index contributed by atoms with van der Waals surface area (Å²) in [5.74, 6) is 0. The zero-order valence-electron chi connectivity index (χ0n) is 6.30. The van der Waals surface area contributed by atoms with Crippen LogP contribution in [-0.2, 0) is 4.57 Å². The molecule has 7 heteroatoms. The van der Waals surface area contributed by atoms with Crippen LogP contribution in [0.4, 0.5) is 5.69 Å². The van der Waals surface area contributed by atoms with Gasteiger partial charge >= 0.3 is 14.1 Å². The molecule has 0 spiro atoms. The van der Waals surface area contributed by atoms with Crippen molar-refractivity contribution < 1.29 is 9.49 Å². The Morgan fingerprint density at radius 3 is 2.15 bits per heavy atom. The van der Waals surface area contributed by atoms with Crippen molar-refractivity contribution in [3.63, 3.8) is 0 Å². The Bertz CT molecular complexity index is 308. The number of nitrogens with zero attached hydrogens (tertiary/aromatic N) is 1. The summed E-state index contributed by atoms with van der Waals surface area (Å²) in [5, 5.41) is 10.5. The van der Waals surface area contributed by atoms with Gasteiger partial charge in [0.15, 0.2) is 0 Å². The molecule has 0 saturated heterocycles. The molecule has 1 rings (SSSR count). The van der Waals surface area contributed by atoms with E-state index in [-0.39, 0.29) is 35.8 Å². The number of benzene rings is 1. The fourth-order valence-corrected chi connectivity index (χ4v) is 1.16. The van der Waals surface area contributed by atoms with E-state index < -0.39 is 13.4 Å². The first-order chi connectivity index (χ1) is 5.25. The number of nitro groups is 1. The third kappa shape index (κ3) is 3.68. The number of hydrogen-bond acceptors (Lipinski definition) is 3. The molecule has 0 bridgehead atoms. The van der Waals surface area contributed by atoms with Gasteiger partial charge in [-0.1, -0.05) is 16.7 Å². The van der Waals surface area contributed by atoms with Crippen LogP contribution in [0.1, 0.15) is 0 Å². The molecule has 0 aliphatic heterocycles. The molecule has 1 unspecified atom stereocenters. The Kier molecular flexibility index (Phi) is 7.72. The monoisotopic (exact) mass is 242 g/mol. The minimum absolute atomic E-state index is 0. The Hall–Kier alpha value is -0.700. The second-order valence-electron chi connectivity index (χ2n) is 1.88. The van der Waals surface area contributed by atoms with E-state index in [0.717, 1.165) is 0 Å². The van der Waals surface area contributed by atoms with Gasteiger partial charge in [0, 0.05) is 6.07 Å². The van der Waals surface area contributed by atoms with Gasteiger partial charge in [-0.25, -0.2) is 0 Å². The first-order valence-electron chi connectivity index (χ1n) is 2.87. The summed E-state index contributed by atoms with van der Waals surface area (Å²) in [6.07, 6.45) is 0. The predicted octanol–water partition coefficient (Wildman–Crippen LogP) is 2.09. The van der Waals surface area contributed by atoms with Gasteiger partial charge in [0.2, 0.25) is 0 Å². The average molecular weight is 243 g/mol. The van der Waals surface area contributed by atoms with E-state index in [1.165, 1.54) is 12.1 Å². The Balaban J connectivity index is 0. The average Bonchev–Trinajstić information content (AvgIpc) is 2.04. The molecule has 0 amide bonds. The molecule has 1 aromatic rings. The molecular formula is C6H7Cl2NO3P+. The van der Waals surface area contributed by atoms with Crippen molar-refractivity contribution >= 4 is 44.3 Å². The number of halogens is 2. The van der Waals surface area contributed by atoms with Crippen LogP contribution in [0.15, 0.2) is 24.3 Å². The lowest BCUT2D eigenvalue weighted by molar-refractivity contribution is -0.383. The molecule has 0 aliphatic rings. The second kappa shape index (κ2) is 6.78. The first-order valence-corrected chi connectivity index (χ1v) is 3.78. The van der Waals surface area contributed by atoms with Crippen LogP contribution in [0.3, 0.4) is 0 Å². The zero-order chi connectivity index (χ0) is 8.27. The molecule has 0 fully saturated rings. The van der Waals surface area contributed by atoms with Crippen LogP contribution in [0.25, 0.3) is 0 Å². The number of hydrogen-bond donors (Lipinski definition) is 0. The van der Waals surface area contributed by atoms with Crippen molar-refractivity contribution in [2.75, 3.05) is 0 Å². The quantitative estimate of drug-likeness (QED) is 0.453. The number of nitro benzene ring substituents is 1. The maximum absolute atomic E-state index is 10.4. The summed E-state index contributed by atoms with van der Waals surface area (Å²) in [6, 6.07) is 5.97. The molecule has 0 heterocycles. The molecule has 0 aliphatic carbocycles. The van der Waals surface area contributed by atoms with Crippen molar-refractivity contribution in [1.29, 1.82) is 0 Å². The van der Waals surface area contributed by atoms with Crippen LogP contribution in [0.5, 0.6) is 0 Å². The molecule has 72 valence electrons. The van der Waals surface area contributed by atoms with Crippen molar-refractivity contribution in [2.45, 2.75) is 0 Å². The van der Waals surface area contributed by atoms with E-state index in [4.69, 9.17) is 0 Å². The summed E-state index contributed by atoms with van der Waals surface area (Å²) in [4.78, 5) is 9.71. The van der Waals surface area contributed by atoms with Gasteiger partial charge in [0.05, 0.1) is 4.92 Å². The van der Waals surface area contributed by atoms with Crippen molar-refractivity contribution in [1.82, 2.24) is 0 Å². The van der Waals surface area contributed by atoms with Crippen LogP contribution < -0.4 is 5.30 Å². The standard InChI is InChI=1S/C6H4NO3P.2ClH/c8-7(9)5-3-1-2-4-6(5)11-10;;/h1-4H;2*1H/p+1. The lowest BCUT2D eigenvalue weighted by atomic mass is 10.3. The summed E-state index contributed by atoms with van der Waals surface area (Å²) < 4.78 is 10.4. The first kappa shape index (κ1) is 14.8. The van der Waals surface area contributed by atoms with Gasteiger partial charge < -0.3 is 0 Å². The lowest BCUT2D eigenvalue weighted by Gasteiger charge is -1.86. The van der Waals surface area contributed by atoms with Gasteiger partial charge in [-0.15, -0.1) is 24.8 Å². The van der Waals surface area contributed by atoms with Gasteiger partial charge in [0.25, 0.3) is 5.30 Å². The fraction of sp³-hybridized carbons (Fsp3) is 0. The van der Waals surface area contributed by atoms with Crippen LogP contribution in [0.2, 0.25) is 0 Å². The smallest absolute Gasteiger partial charge is 0.258 e. The minimum atomic E-state index is -0.770. The van der Waals surface area contributed by atoms with Crippen molar-refractivity contribution in [2.24, 2.45) is 0 Å². The van der Waals surface area contributed by atoms with E-state index >= 15 is 0 Å². The number of para-hydroxylation sites is 1. The molecule has 0 radical (unpaired) electrons. The molecule has 13 heavy (non-hydrogen) atoms. The van der Waals surface area contributed by atoms with Gasteiger partial charge in [-0.2, -0.15) is 0 Å². The summed E-state index contributed by atoms with van der Waals surface area (Å²) in [7, 11) is -0.770. The van der Waals surface area contributed by atoms with E-state index in [9.17, 15) is 14.7 Å². The third-order valence-electron chi connectivity index (χ3n) is 1.21. The van der Waals surface area contributed by atoms with E-state index in [1.807, 2.05) is 0 Å². The van der Waals surface area contributed by atoms with Crippen LogP contribution in [0, 0.1) is 10.1 Å². The second-order valence-corrected chi connectivity index (χ2v) is 2.62. The van der Waals surface area contributed by atoms with E-state index in [1.54, 1.807) is 12.1 Å². The van der Waals surface area contributed by atoms with E-state index in [0.29, 0.717) is 0 Å². The lowest BCUT2D eigenvalue weighted by Crippen LogP contribution is -2.00. The molecular weight excluding hydrogens is 236 g/mol. The highest BCUT2D eigenvalue weighted by atomic mass is 35.5. The number of rotatable bonds is 2. The maximum atomic E-state index is 10.4. The highest BCUT2D eigenvalue weighted by Gasteiger charge is 2.17. The van der Waals surface area contributed by atoms with Crippen molar-refractivity contribution in [3.8, 4) is 0 Å². The highest BCUT2D eigenvalue weighted by molar-refractivity contribution is 7.34. The van der Waals surface area contributed by atoms with E-state index in [2.05, 4.69) is 0 Å².